The monoisotopic (exact) mass is 392 g/mol. The van der Waals surface area contributed by atoms with Crippen molar-refractivity contribution < 1.29 is 17.6 Å². The van der Waals surface area contributed by atoms with E-state index in [9.17, 15) is 17.6 Å². The Labute approximate surface area is 160 Å². The molecule has 1 amide bonds. The van der Waals surface area contributed by atoms with Gasteiger partial charge in [-0.2, -0.15) is 0 Å². The molecule has 2 N–H and O–H groups in total. The van der Waals surface area contributed by atoms with Crippen molar-refractivity contribution in [1.82, 2.24) is 5.32 Å². The molecule has 0 unspecified atom stereocenters. The zero-order chi connectivity index (χ0) is 20.0. The average Bonchev–Trinajstić information content (AvgIpc) is 2.64. The van der Waals surface area contributed by atoms with Crippen LogP contribution in [0.1, 0.15) is 42.6 Å². The topological polar surface area (TPSA) is 75.3 Å². The van der Waals surface area contributed by atoms with Crippen LogP contribution in [0.5, 0.6) is 0 Å². The van der Waals surface area contributed by atoms with Gasteiger partial charge in [-0.05, 0) is 48.7 Å². The quantitative estimate of drug-likeness (QED) is 0.710. The molecule has 7 heteroatoms. The Morgan fingerprint density at radius 2 is 1.81 bits per heavy atom. The highest BCUT2D eigenvalue weighted by molar-refractivity contribution is 7.92. The predicted octanol–water partition coefficient (Wildman–Crippen LogP) is 4.10. The first-order valence-corrected chi connectivity index (χ1v) is 10.4. The number of rotatable bonds is 8. The molecule has 0 radical (unpaired) electrons. The lowest BCUT2D eigenvalue weighted by Crippen LogP contribution is -2.29. The third kappa shape index (κ3) is 5.53. The third-order valence-electron chi connectivity index (χ3n) is 4.54. The number of halogens is 1. The first-order chi connectivity index (χ1) is 12.8. The number of carbonyl (C=O) groups is 1. The zero-order valence-electron chi connectivity index (χ0n) is 15.8. The fourth-order valence-electron chi connectivity index (χ4n) is 2.60. The summed E-state index contributed by atoms with van der Waals surface area (Å²) in [6, 6.07) is 9.94. The summed E-state index contributed by atoms with van der Waals surface area (Å²) in [6.07, 6.45) is 1.95. The number of nitrogens with one attached hydrogen (secondary N) is 2. The lowest BCUT2D eigenvalue weighted by Gasteiger charge is -2.14. The number of anilines is 1. The Morgan fingerprint density at radius 3 is 2.44 bits per heavy atom. The van der Waals surface area contributed by atoms with Crippen molar-refractivity contribution in [1.29, 1.82) is 0 Å². The number of sulfonamides is 1. The van der Waals surface area contributed by atoms with Crippen molar-refractivity contribution in [2.45, 2.75) is 38.5 Å². The minimum Gasteiger partial charge on any atom is -0.352 e. The fraction of sp³-hybridized carbons (Fsp3) is 0.350. The first-order valence-electron chi connectivity index (χ1n) is 8.94. The number of carbonyl (C=O) groups excluding carboxylic acids is 1. The molecule has 2 rings (SSSR count). The largest absolute Gasteiger partial charge is 0.352 e. The molecule has 0 saturated carbocycles. The van der Waals surface area contributed by atoms with Gasteiger partial charge in [-0.1, -0.05) is 38.8 Å². The van der Waals surface area contributed by atoms with Gasteiger partial charge in [-0.3, -0.25) is 9.52 Å². The summed E-state index contributed by atoms with van der Waals surface area (Å²) in [5.41, 5.74) is 0.965. The van der Waals surface area contributed by atoms with Gasteiger partial charge in [0.25, 0.3) is 15.9 Å². The van der Waals surface area contributed by atoms with E-state index in [1.165, 1.54) is 18.2 Å². The molecule has 2 aromatic rings. The molecule has 0 spiro atoms. The summed E-state index contributed by atoms with van der Waals surface area (Å²) in [6.45, 7) is 6.28. The van der Waals surface area contributed by atoms with Gasteiger partial charge < -0.3 is 5.32 Å². The van der Waals surface area contributed by atoms with E-state index in [0.717, 1.165) is 18.9 Å². The van der Waals surface area contributed by atoms with Crippen molar-refractivity contribution in [2.75, 3.05) is 11.3 Å². The van der Waals surface area contributed by atoms with Gasteiger partial charge in [-0.15, -0.1) is 0 Å². The summed E-state index contributed by atoms with van der Waals surface area (Å²) in [5, 5.41) is 2.87. The Kier molecular flexibility index (Phi) is 6.96. The van der Waals surface area contributed by atoms with Crippen LogP contribution in [-0.4, -0.2) is 20.9 Å². The van der Waals surface area contributed by atoms with Crippen LogP contribution in [-0.2, 0) is 10.0 Å². The van der Waals surface area contributed by atoms with E-state index in [1.54, 1.807) is 25.1 Å². The number of hydrogen-bond donors (Lipinski definition) is 2. The number of benzene rings is 2. The van der Waals surface area contributed by atoms with E-state index < -0.39 is 15.8 Å². The average molecular weight is 392 g/mol. The Morgan fingerprint density at radius 1 is 1.11 bits per heavy atom. The van der Waals surface area contributed by atoms with Gasteiger partial charge in [0.05, 0.1) is 4.90 Å². The van der Waals surface area contributed by atoms with Crippen LogP contribution < -0.4 is 10.0 Å². The molecule has 0 aliphatic heterocycles. The molecule has 0 heterocycles. The van der Waals surface area contributed by atoms with E-state index in [1.807, 2.05) is 0 Å². The maximum atomic E-state index is 13.7. The van der Waals surface area contributed by atoms with Crippen LogP contribution in [0.2, 0.25) is 0 Å². The highest BCUT2D eigenvalue weighted by Crippen LogP contribution is 2.19. The van der Waals surface area contributed by atoms with E-state index >= 15 is 0 Å². The van der Waals surface area contributed by atoms with Crippen LogP contribution in [0.3, 0.4) is 0 Å². The van der Waals surface area contributed by atoms with Crippen LogP contribution in [0, 0.1) is 18.7 Å². The molecule has 0 fully saturated rings. The van der Waals surface area contributed by atoms with Gasteiger partial charge in [0, 0.05) is 17.8 Å². The lowest BCUT2D eigenvalue weighted by molar-refractivity contribution is 0.0946. The molecule has 0 aromatic heterocycles. The Balaban J connectivity index is 2.14. The van der Waals surface area contributed by atoms with E-state index in [0.29, 0.717) is 23.6 Å². The standard InChI is InChI=1S/C20H25FN2O3S/c1-4-15(5-2)13-22-20(24)16-7-6-8-17(11-16)23-27(25,26)18-10-9-14(3)19(21)12-18/h6-12,15,23H,4-5,13H2,1-3H3,(H,22,24). The van der Waals surface area contributed by atoms with Gasteiger partial charge in [0.2, 0.25) is 0 Å². The van der Waals surface area contributed by atoms with Crippen LogP contribution in [0.4, 0.5) is 10.1 Å². The van der Waals surface area contributed by atoms with Crippen LogP contribution >= 0.6 is 0 Å². The maximum absolute atomic E-state index is 13.7. The van der Waals surface area contributed by atoms with Crippen molar-refractivity contribution in [3.8, 4) is 0 Å². The molecular formula is C20H25FN2O3S. The van der Waals surface area contributed by atoms with E-state index in [-0.39, 0.29) is 16.5 Å². The number of aryl methyl sites for hydroxylation is 1. The fourth-order valence-corrected chi connectivity index (χ4v) is 3.66. The zero-order valence-corrected chi connectivity index (χ0v) is 16.6. The Bertz CT molecular complexity index is 909. The summed E-state index contributed by atoms with van der Waals surface area (Å²) < 4.78 is 41.0. The van der Waals surface area contributed by atoms with Crippen molar-refractivity contribution in [3.05, 3.63) is 59.4 Å². The third-order valence-corrected chi connectivity index (χ3v) is 5.92. The smallest absolute Gasteiger partial charge is 0.261 e. The van der Waals surface area contributed by atoms with Gasteiger partial charge in [-0.25, -0.2) is 12.8 Å². The van der Waals surface area contributed by atoms with E-state index in [4.69, 9.17) is 0 Å². The molecule has 0 aliphatic carbocycles. The molecule has 0 saturated heterocycles. The van der Waals surface area contributed by atoms with Gasteiger partial charge in [0.1, 0.15) is 5.82 Å². The second-order valence-electron chi connectivity index (χ2n) is 6.49. The minimum absolute atomic E-state index is 0.172. The maximum Gasteiger partial charge on any atom is 0.261 e. The van der Waals surface area contributed by atoms with Crippen LogP contribution in [0.25, 0.3) is 0 Å². The predicted molar refractivity (Wildman–Crippen MR) is 105 cm³/mol. The summed E-state index contributed by atoms with van der Waals surface area (Å²) in [5.74, 6) is -0.441. The number of hydrogen-bond acceptors (Lipinski definition) is 3. The molecule has 146 valence electrons. The Hall–Kier alpha value is -2.41. The molecule has 0 bridgehead atoms. The van der Waals surface area contributed by atoms with Crippen molar-refractivity contribution in [2.24, 2.45) is 5.92 Å². The molecular weight excluding hydrogens is 367 g/mol. The highest BCUT2D eigenvalue weighted by Gasteiger charge is 2.17. The molecule has 5 nitrogen and oxygen atoms in total. The summed E-state index contributed by atoms with van der Waals surface area (Å²) >= 11 is 0. The van der Waals surface area contributed by atoms with Crippen LogP contribution in [0.15, 0.2) is 47.4 Å². The summed E-state index contributed by atoms with van der Waals surface area (Å²) in [4.78, 5) is 12.1. The van der Waals surface area contributed by atoms with E-state index in [2.05, 4.69) is 23.9 Å². The SMILES string of the molecule is CCC(CC)CNC(=O)c1cccc(NS(=O)(=O)c2ccc(C)c(F)c2)c1. The minimum atomic E-state index is -3.95. The molecule has 0 aliphatic rings. The lowest BCUT2D eigenvalue weighted by atomic mass is 10.0. The van der Waals surface area contributed by atoms with Gasteiger partial charge in [0.15, 0.2) is 0 Å². The number of amides is 1. The second-order valence-corrected chi connectivity index (χ2v) is 8.17. The van der Waals surface area contributed by atoms with Gasteiger partial charge >= 0.3 is 0 Å². The second kappa shape index (κ2) is 8.99. The van der Waals surface area contributed by atoms with Crippen molar-refractivity contribution >= 4 is 21.6 Å². The highest BCUT2D eigenvalue weighted by atomic mass is 32.2. The van der Waals surface area contributed by atoms with Crippen molar-refractivity contribution in [3.63, 3.8) is 0 Å². The molecule has 2 aromatic carbocycles. The normalized spacial score (nSPS) is 11.4. The molecule has 0 atom stereocenters. The molecule has 27 heavy (non-hydrogen) atoms. The first kappa shape index (κ1) is 20.9. The summed E-state index contributed by atoms with van der Waals surface area (Å²) in [7, 11) is -3.95.